The molecule has 0 aliphatic carbocycles. The zero-order valence-electron chi connectivity index (χ0n) is 12.7. The second-order valence-corrected chi connectivity index (χ2v) is 5.00. The third-order valence-electron chi connectivity index (χ3n) is 3.30. The molecule has 3 N–H and O–H groups in total. The molecule has 0 unspecified atom stereocenters. The SMILES string of the molecule is O=C(C=Cc1ccnc2ccccc12)NCC(=O)Nc1cn[nH]c1. The first-order valence-electron chi connectivity index (χ1n) is 7.31. The zero-order chi connectivity index (χ0) is 16.8. The number of benzene rings is 1. The van der Waals surface area contributed by atoms with Crippen molar-refractivity contribution in [2.75, 3.05) is 11.9 Å². The number of amides is 2. The van der Waals surface area contributed by atoms with Gasteiger partial charge in [0.15, 0.2) is 0 Å². The van der Waals surface area contributed by atoms with E-state index in [4.69, 9.17) is 0 Å². The van der Waals surface area contributed by atoms with E-state index in [1.165, 1.54) is 12.3 Å². The van der Waals surface area contributed by atoms with E-state index in [0.717, 1.165) is 16.5 Å². The van der Waals surface area contributed by atoms with Crippen LogP contribution in [0.1, 0.15) is 5.56 Å². The second-order valence-electron chi connectivity index (χ2n) is 5.00. The maximum atomic E-state index is 11.8. The summed E-state index contributed by atoms with van der Waals surface area (Å²) in [6.07, 6.45) is 7.82. The highest BCUT2D eigenvalue weighted by Gasteiger charge is 2.05. The van der Waals surface area contributed by atoms with Crippen LogP contribution < -0.4 is 10.6 Å². The molecule has 0 fully saturated rings. The molecule has 3 rings (SSSR count). The summed E-state index contributed by atoms with van der Waals surface area (Å²) in [5, 5.41) is 12.4. The van der Waals surface area contributed by atoms with Gasteiger partial charge in [-0.2, -0.15) is 5.10 Å². The summed E-state index contributed by atoms with van der Waals surface area (Å²) in [5.74, 6) is -0.675. The molecule has 1 aromatic carbocycles. The Labute approximate surface area is 137 Å². The van der Waals surface area contributed by atoms with Crippen molar-refractivity contribution in [1.82, 2.24) is 20.5 Å². The van der Waals surface area contributed by atoms with Crippen LogP contribution >= 0.6 is 0 Å². The number of hydrogen-bond acceptors (Lipinski definition) is 4. The van der Waals surface area contributed by atoms with Crippen LogP contribution in [0.25, 0.3) is 17.0 Å². The predicted molar refractivity (Wildman–Crippen MR) is 91.0 cm³/mol. The molecule has 24 heavy (non-hydrogen) atoms. The van der Waals surface area contributed by atoms with Crippen molar-refractivity contribution in [1.29, 1.82) is 0 Å². The lowest BCUT2D eigenvalue weighted by Crippen LogP contribution is -2.31. The molecule has 3 aromatic rings. The van der Waals surface area contributed by atoms with Gasteiger partial charge in [-0.15, -0.1) is 0 Å². The van der Waals surface area contributed by atoms with Gasteiger partial charge in [-0.05, 0) is 23.8 Å². The lowest BCUT2D eigenvalue weighted by molar-refractivity contribution is -0.121. The topological polar surface area (TPSA) is 99.8 Å². The van der Waals surface area contributed by atoms with Gasteiger partial charge in [0.2, 0.25) is 11.8 Å². The van der Waals surface area contributed by atoms with Crippen LogP contribution in [0.3, 0.4) is 0 Å². The summed E-state index contributed by atoms with van der Waals surface area (Å²) in [6, 6.07) is 9.51. The van der Waals surface area contributed by atoms with E-state index in [-0.39, 0.29) is 18.4 Å². The van der Waals surface area contributed by atoms with Gasteiger partial charge in [0.25, 0.3) is 0 Å². The van der Waals surface area contributed by atoms with E-state index in [1.807, 2.05) is 30.3 Å². The minimum atomic E-state index is -0.349. The summed E-state index contributed by atoms with van der Waals surface area (Å²) < 4.78 is 0. The van der Waals surface area contributed by atoms with Crippen molar-refractivity contribution in [3.63, 3.8) is 0 Å². The highest BCUT2D eigenvalue weighted by molar-refractivity contribution is 5.99. The van der Waals surface area contributed by atoms with Gasteiger partial charge in [0, 0.05) is 23.9 Å². The standard InChI is InChI=1S/C17H15N5O2/c23-16(19-11-17(24)22-13-9-20-21-10-13)6-5-12-7-8-18-15-4-2-1-3-14(12)15/h1-10H,11H2,(H,19,23)(H,20,21)(H,22,24). The maximum Gasteiger partial charge on any atom is 0.244 e. The number of rotatable bonds is 5. The van der Waals surface area contributed by atoms with Gasteiger partial charge in [-0.1, -0.05) is 18.2 Å². The third-order valence-corrected chi connectivity index (χ3v) is 3.30. The molecule has 7 heteroatoms. The second kappa shape index (κ2) is 7.19. The highest BCUT2D eigenvalue weighted by Crippen LogP contribution is 2.17. The first-order valence-corrected chi connectivity index (χ1v) is 7.31. The number of fused-ring (bicyclic) bond motifs is 1. The van der Waals surface area contributed by atoms with Gasteiger partial charge in [0.1, 0.15) is 0 Å². The number of nitrogens with one attached hydrogen (secondary N) is 3. The monoisotopic (exact) mass is 321 g/mol. The van der Waals surface area contributed by atoms with Gasteiger partial charge >= 0.3 is 0 Å². The molecule has 0 aliphatic heterocycles. The van der Waals surface area contributed by atoms with Crippen LogP contribution in [0.2, 0.25) is 0 Å². The molecule has 0 saturated carbocycles. The maximum absolute atomic E-state index is 11.8. The molecule has 0 bridgehead atoms. The molecule has 2 amide bonds. The van der Waals surface area contributed by atoms with Crippen molar-refractivity contribution in [2.24, 2.45) is 0 Å². The lowest BCUT2D eigenvalue weighted by atomic mass is 10.1. The van der Waals surface area contributed by atoms with Crippen LogP contribution in [0.15, 0.2) is 55.0 Å². The van der Waals surface area contributed by atoms with Crippen molar-refractivity contribution in [3.05, 3.63) is 60.6 Å². The summed E-state index contributed by atoms with van der Waals surface area (Å²) in [6.45, 7) is -0.120. The predicted octanol–water partition coefficient (Wildman–Crippen LogP) is 1.73. The van der Waals surface area contributed by atoms with Gasteiger partial charge in [0.05, 0.1) is 23.9 Å². The Hall–Kier alpha value is -3.48. The quantitative estimate of drug-likeness (QED) is 0.623. The average molecular weight is 321 g/mol. The van der Waals surface area contributed by atoms with Crippen molar-refractivity contribution in [2.45, 2.75) is 0 Å². The summed E-state index contributed by atoms with van der Waals surface area (Å²) in [7, 11) is 0. The molecular weight excluding hydrogens is 306 g/mol. The highest BCUT2D eigenvalue weighted by atomic mass is 16.2. The number of H-pyrrole nitrogens is 1. The third kappa shape index (κ3) is 3.83. The molecule has 2 heterocycles. The Bertz CT molecular complexity index is 882. The van der Waals surface area contributed by atoms with Crippen LogP contribution in [-0.4, -0.2) is 33.5 Å². The van der Waals surface area contributed by atoms with Gasteiger partial charge in [-0.3, -0.25) is 19.7 Å². The van der Waals surface area contributed by atoms with E-state index < -0.39 is 0 Å². The largest absolute Gasteiger partial charge is 0.343 e. The van der Waals surface area contributed by atoms with Crippen LogP contribution in [0, 0.1) is 0 Å². The zero-order valence-corrected chi connectivity index (χ0v) is 12.7. The Morgan fingerprint density at radius 3 is 2.92 bits per heavy atom. The molecule has 7 nitrogen and oxygen atoms in total. The minimum absolute atomic E-state index is 0.120. The van der Waals surface area contributed by atoms with Crippen molar-refractivity contribution in [3.8, 4) is 0 Å². The number of carbonyl (C=O) groups is 2. The minimum Gasteiger partial charge on any atom is -0.343 e. The molecule has 0 aliphatic rings. The van der Waals surface area contributed by atoms with E-state index in [9.17, 15) is 9.59 Å². The van der Waals surface area contributed by atoms with E-state index in [1.54, 1.807) is 18.5 Å². The Kier molecular flexibility index (Phi) is 4.62. The Morgan fingerprint density at radius 1 is 1.21 bits per heavy atom. The fourth-order valence-electron chi connectivity index (χ4n) is 2.18. The Morgan fingerprint density at radius 2 is 2.08 bits per heavy atom. The molecule has 0 spiro atoms. The normalized spacial score (nSPS) is 10.8. The molecule has 2 aromatic heterocycles. The number of pyridine rings is 1. The molecular formula is C17H15N5O2. The van der Waals surface area contributed by atoms with Crippen LogP contribution in [0.4, 0.5) is 5.69 Å². The van der Waals surface area contributed by atoms with E-state index in [2.05, 4.69) is 25.8 Å². The molecule has 0 saturated heterocycles. The molecule has 120 valence electrons. The van der Waals surface area contributed by atoms with Gasteiger partial charge < -0.3 is 10.6 Å². The lowest BCUT2D eigenvalue weighted by Gasteiger charge is -2.03. The average Bonchev–Trinajstić information content (AvgIpc) is 3.11. The van der Waals surface area contributed by atoms with Crippen molar-refractivity contribution < 1.29 is 9.59 Å². The van der Waals surface area contributed by atoms with Crippen molar-refractivity contribution >= 4 is 34.5 Å². The first kappa shape index (κ1) is 15.4. The van der Waals surface area contributed by atoms with Crippen LogP contribution in [0.5, 0.6) is 0 Å². The first-order chi connectivity index (χ1) is 11.7. The number of para-hydroxylation sites is 1. The molecule has 0 radical (unpaired) electrons. The number of aromatic nitrogens is 3. The number of nitrogens with zero attached hydrogens (tertiary/aromatic N) is 2. The number of hydrogen-bond donors (Lipinski definition) is 3. The number of aromatic amines is 1. The fourth-order valence-corrected chi connectivity index (χ4v) is 2.18. The smallest absolute Gasteiger partial charge is 0.244 e. The van der Waals surface area contributed by atoms with E-state index in [0.29, 0.717) is 5.69 Å². The fraction of sp³-hybridized carbons (Fsp3) is 0.0588. The summed E-state index contributed by atoms with van der Waals surface area (Å²) in [4.78, 5) is 27.8. The number of anilines is 1. The van der Waals surface area contributed by atoms with E-state index >= 15 is 0 Å². The van der Waals surface area contributed by atoms with Gasteiger partial charge in [-0.25, -0.2) is 0 Å². The summed E-state index contributed by atoms with van der Waals surface area (Å²) in [5.41, 5.74) is 2.30. The Balaban J connectivity index is 1.58. The summed E-state index contributed by atoms with van der Waals surface area (Å²) >= 11 is 0. The molecule has 0 atom stereocenters. The van der Waals surface area contributed by atoms with Crippen LogP contribution in [-0.2, 0) is 9.59 Å². The number of carbonyl (C=O) groups excluding carboxylic acids is 2.